The predicted octanol–water partition coefficient (Wildman–Crippen LogP) is 5.23. The molecule has 0 radical (unpaired) electrons. The lowest BCUT2D eigenvalue weighted by molar-refractivity contribution is -0.269. The SMILES string of the molecule is C[C@@H]1C=C(O[Si](c2ccccc2)(c2ccccc2)C(C)(C)C)[C@H](C2COC(C)(C)OC2)[C@@H]2C=C(C=O)C[C@@H](O)[C@H]21. The molecule has 5 rings (SSSR count). The van der Waals surface area contributed by atoms with Gasteiger partial charge in [-0.1, -0.05) is 94.4 Å². The number of aliphatic hydroxyl groups excluding tert-OH is 1. The summed E-state index contributed by atoms with van der Waals surface area (Å²) >= 11 is 0. The minimum Gasteiger partial charge on any atom is -0.537 e. The van der Waals surface area contributed by atoms with Gasteiger partial charge in [-0.3, -0.25) is 4.79 Å². The zero-order valence-corrected chi connectivity index (χ0v) is 25.7. The lowest BCUT2D eigenvalue weighted by Gasteiger charge is -2.52. The van der Waals surface area contributed by atoms with E-state index in [1.807, 2.05) is 13.8 Å². The molecule has 2 aromatic carbocycles. The molecule has 1 fully saturated rings. The summed E-state index contributed by atoms with van der Waals surface area (Å²) in [6.45, 7) is 14.0. The second-order valence-corrected chi connectivity index (χ2v) is 17.5. The number of carbonyl (C=O) groups is 1. The van der Waals surface area contributed by atoms with E-state index in [1.54, 1.807) is 0 Å². The highest BCUT2D eigenvalue weighted by Crippen LogP contribution is 2.51. The van der Waals surface area contributed by atoms with Crippen molar-refractivity contribution in [1.29, 1.82) is 0 Å². The van der Waals surface area contributed by atoms with E-state index in [0.717, 1.165) is 12.0 Å². The fourth-order valence-electron chi connectivity index (χ4n) is 7.25. The van der Waals surface area contributed by atoms with Crippen LogP contribution in [0.25, 0.3) is 0 Å². The fourth-order valence-corrected chi connectivity index (χ4v) is 11.7. The molecule has 1 N–H and O–H groups in total. The number of hydrogen-bond donors (Lipinski definition) is 1. The standard InChI is InChI=1S/C34H44O5Si/c1-23-17-30(39-40(33(2,3)4,26-13-9-7-10-14-26)27-15-11-8-12-16-27)32(25-21-37-34(5,6)38-22-25)28-18-24(20-35)19-29(36)31(23)28/h7-18,20,23,25,28-29,31-32,36H,19,21-22H2,1-6H3/t23-,28-,29-,31+,32-/m1/s1. The van der Waals surface area contributed by atoms with Crippen LogP contribution in [0.15, 0.2) is 84.1 Å². The first kappa shape index (κ1) is 29.0. The average Bonchev–Trinajstić information content (AvgIpc) is 2.92. The van der Waals surface area contributed by atoms with Crippen molar-refractivity contribution in [2.45, 2.75) is 64.9 Å². The van der Waals surface area contributed by atoms with Gasteiger partial charge < -0.3 is 19.0 Å². The summed E-state index contributed by atoms with van der Waals surface area (Å²) in [6, 6.07) is 21.3. The van der Waals surface area contributed by atoms with Crippen LogP contribution in [0, 0.1) is 29.6 Å². The highest BCUT2D eigenvalue weighted by Gasteiger charge is 2.55. The zero-order valence-electron chi connectivity index (χ0n) is 24.7. The van der Waals surface area contributed by atoms with Crippen LogP contribution in [0.4, 0.5) is 0 Å². The van der Waals surface area contributed by atoms with E-state index in [1.165, 1.54) is 10.4 Å². The number of benzene rings is 2. The highest BCUT2D eigenvalue weighted by atomic mass is 28.4. The molecule has 1 saturated heterocycles. The number of rotatable bonds is 6. The largest absolute Gasteiger partial charge is 0.537 e. The molecule has 0 amide bonds. The molecular formula is C34H44O5Si. The van der Waals surface area contributed by atoms with Crippen LogP contribution in [-0.4, -0.2) is 44.8 Å². The smallest absolute Gasteiger partial charge is 0.319 e. The van der Waals surface area contributed by atoms with Gasteiger partial charge in [0.2, 0.25) is 0 Å². The Labute approximate surface area is 240 Å². The lowest BCUT2D eigenvalue weighted by Crippen LogP contribution is -2.67. The van der Waals surface area contributed by atoms with E-state index in [4.69, 9.17) is 13.9 Å². The van der Waals surface area contributed by atoms with Crippen molar-refractivity contribution in [3.63, 3.8) is 0 Å². The first-order valence-electron chi connectivity index (χ1n) is 14.6. The molecule has 5 atom stereocenters. The third kappa shape index (κ3) is 5.27. The van der Waals surface area contributed by atoms with Gasteiger partial charge >= 0.3 is 8.32 Å². The summed E-state index contributed by atoms with van der Waals surface area (Å²) in [6.07, 6.45) is 5.07. The minimum atomic E-state index is -2.90. The quantitative estimate of drug-likeness (QED) is 0.387. The van der Waals surface area contributed by atoms with Crippen molar-refractivity contribution in [3.05, 3.63) is 84.1 Å². The van der Waals surface area contributed by atoms with Crippen molar-refractivity contribution in [1.82, 2.24) is 0 Å². The summed E-state index contributed by atoms with van der Waals surface area (Å²) in [5.41, 5.74) is 0.663. The van der Waals surface area contributed by atoms with Crippen LogP contribution in [0.5, 0.6) is 0 Å². The van der Waals surface area contributed by atoms with Crippen molar-refractivity contribution in [3.8, 4) is 0 Å². The Morgan fingerprint density at radius 1 is 0.950 bits per heavy atom. The van der Waals surface area contributed by atoms with E-state index >= 15 is 0 Å². The van der Waals surface area contributed by atoms with Gasteiger partial charge in [-0.25, -0.2) is 0 Å². The molecule has 214 valence electrons. The minimum absolute atomic E-state index is 0.00450. The van der Waals surface area contributed by atoms with Crippen LogP contribution in [-0.2, 0) is 18.7 Å². The van der Waals surface area contributed by atoms with E-state index in [0.29, 0.717) is 25.2 Å². The summed E-state index contributed by atoms with van der Waals surface area (Å²) < 4.78 is 20.0. The Kier molecular flexibility index (Phi) is 8.01. The maximum Gasteiger partial charge on any atom is 0.319 e. The Hall–Kier alpha value is -2.51. The van der Waals surface area contributed by atoms with Gasteiger partial charge in [0.25, 0.3) is 0 Å². The van der Waals surface area contributed by atoms with Crippen LogP contribution in [0.3, 0.4) is 0 Å². The number of fused-ring (bicyclic) bond motifs is 1. The summed E-state index contributed by atoms with van der Waals surface area (Å²) in [7, 11) is -2.90. The lowest BCUT2D eigenvalue weighted by atomic mass is 9.61. The number of hydrogen-bond acceptors (Lipinski definition) is 5. The van der Waals surface area contributed by atoms with Crippen LogP contribution in [0.2, 0.25) is 5.04 Å². The van der Waals surface area contributed by atoms with Crippen molar-refractivity contribution < 1.29 is 23.8 Å². The van der Waals surface area contributed by atoms with Gasteiger partial charge in [-0.05, 0) is 58.7 Å². The van der Waals surface area contributed by atoms with Crippen LogP contribution >= 0.6 is 0 Å². The Morgan fingerprint density at radius 2 is 1.50 bits per heavy atom. The molecule has 40 heavy (non-hydrogen) atoms. The maximum absolute atomic E-state index is 12.0. The first-order valence-corrected chi connectivity index (χ1v) is 16.5. The molecule has 0 unspecified atom stereocenters. The van der Waals surface area contributed by atoms with Gasteiger partial charge in [0.15, 0.2) is 5.79 Å². The molecule has 0 saturated carbocycles. The topological polar surface area (TPSA) is 65.0 Å². The molecule has 3 aliphatic rings. The Morgan fingerprint density at radius 3 is 2.00 bits per heavy atom. The number of carbonyl (C=O) groups excluding carboxylic acids is 1. The second kappa shape index (κ2) is 11.0. The summed E-state index contributed by atoms with van der Waals surface area (Å²) in [5, 5.41) is 13.5. The molecule has 0 spiro atoms. The number of aliphatic hydroxyl groups is 1. The van der Waals surface area contributed by atoms with Crippen molar-refractivity contribution >= 4 is 25.0 Å². The number of aldehydes is 1. The van der Waals surface area contributed by atoms with E-state index in [-0.39, 0.29) is 34.6 Å². The molecule has 1 heterocycles. The molecule has 5 nitrogen and oxygen atoms in total. The zero-order chi connectivity index (χ0) is 28.7. The van der Waals surface area contributed by atoms with Crippen LogP contribution < -0.4 is 10.4 Å². The van der Waals surface area contributed by atoms with Crippen LogP contribution in [0.1, 0.15) is 48.0 Å². The van der Waals surface area contributed by atoms with E-state index in [9.17, 15) is 9.90 Å². The Bertz CT molecular complexity index is 1200. The Balaban J connectivity index is 1.69. The normalized spacial score (nSPS) is 29.1. The summed E-state index contributed by atoms with van der Waals surface area (Å²) in [5.74, 6) is 0.240. The predicted molar refractivity (Wildman–Crippen MR) is 161 cm³/mol. The van der Waals surface area contributed by atoms with Crippen molar-refractivity contribution in [2.75, 3.05) is 13.2 Å². The molecule has 2 aliphatic carbocycles. The number of allylic oxidation sites excluding steroid dienone is 3. The second-order valence-electron chi connectivity index (χ2n) is 13.3. The van der Waals surface area contributed by atoms with E-state index < -0.39 is 20.2 Å². The molecule has 6 heteroatoms. The van der Waals surface area contributed by atoms with Gasteiger partial charge in [0.1, 0.15) is 6.29 Å². The van der Waals surface area contributed by atoms with Gasteiger partial charge in [-0.15, -0.1) is 0 Å². The monoisotopic (exact) mass is 560 g/mol. The highest BCUT2D eigenvalue weighted by molar-refractivity contribution is 6.99. The van der Waals surface area contributed by atoms with Gasteiger partial charge in [0, 0.05) is 18.3 Å². The molecular weight excluding hydrogens is 516 g/mol. The third-order valence-corrected chi connectivity index (χ3v) is 14.1. The fraction of sp³-hybridized carbons (Fsp3) is 0.500. The summed E-state index contributed by atoms with van der Waals surface area (Å²) in [4.78, 5) is 12.0. The molecule has 2 aromatic rings. The van der Waals surface area contributed by atoms with Gasteiger partial charge in [-0.2, -0.15) is 0 Å². The van der Waals surface area contributed by atoms with Gasteiger partial charge in [0.05, 0.1) is 25.1 Å². The molecule has 0 aromatic heterocycles. The number of ether oxygens (including phenoxy) is 2. The van der Waals surface area contributed by atoms with Crippen molar-refractivity contribution in [2.24, 2.45) is 29.6 Å². The molecule has 1 aliphatic heterocycles. The average molecular weight is 561 g/mol. The molecule has 0 bridgehead atoms. The first-order chi connectivity index (χ1) is 19.0. The third-order valence-electron chi connectivity index (χ3n) is 9.15. The maximum atomic E-state index is 12.0. The van der Waals surface area contributed by atoms with E-state index in [2.05, 4.69) is 101 Å².